The van der Waals surface area contributed by atoms with Crippen LogP contribution in [0.3, 0.4) is 0 Å². The van der Waals surface area contributed by atoms with Crippen LogP contribution in [-0.2, 0) is 0 Å². The maximum atomic E-state index is 8.69. The van der Waals surface area contributed by atoms with Crippen molar-refractivity contribution in [2.45, 2.75) is 34.6 Å². The summed E-state index contributed by atoms with van der Waals surface area (Å²) in [5, 5.41) is 8.69. The second kappa shape index (κ2) is 4.42. The lowest BCUT2D eigenvalue weighted by Gasteiger charge is -2.14. The van der Waals surface area contributed by atoms with Crippen LogP contribution in [-0.4, -0.2) is 5.11 Å². The highest BCUT2D eigenvalue weighted by Crippen LogP contribution is 2.19. The Bertz CT molecular complexity index is 77.1. The van der Waals surface area contributed by atoms with Crippen LogP contribution in [0.25, 0.3) is 0 Å². The summed E-state index contributed by atoms with van der Waals surface area (Å²) in [5.74, 6) is 0.243. The van der Waals surface area contributed by atoms with Crippen LogP contribution < -0.4 is 0 Å². The average Bonchev–Trinajstić information content (AvgIpc) is 1.69. The van der Waals surface area contributed by atoms with Gasteiger partial charge in [0.2, 0.25) is 0 Å². The predicted octanol–water partition coefficient (Wildman–Crippen LogP) is 3.13. The van der Waals surface area contributed by atoms with Crippen LogP contribution in [0.2, 0.25) is 0 Å². The van der Waals surface area contributed by atoms with Gasteiger partial charge in [-0.1, -0.05) is 41.2 Å². The van der Waals surface area contributed by atoms with Crippen molar-refractivity contribution in [1.82, 2.24) is 0 Å². The molecule has 0 radical (unpaired) electrons. The second-order valence-electron chi connectivity index (χ2n) is 2.70. The SMILES string of the molecule is C=C(O)C(C)(C)C.CC. The minimum Gasteiger partial charge on any atom is -0.512 e. The summed E-state index contributed by atoms with van der Waals surface area (Å²) in [5.41, 5.74) is -0.139. The van der Waals surface area contributed by atoms with Gasteiger partial charge in [0.1, 0.15) is 0 Å². The minimum atomic E-state index is -0.139. The van der Waals surface area contributed by atoms with Gasteiger partial charge in [-0.2, -0.15) is 0 Å². The van der Waals surface area contributed by atoms with Crippen molar-refractivity contribution >= 4 is 0 Å². The summed E-state index contributed by atoms with van der Waals surface area (Å²) in [7, 11) is 0. The third-order valence-electron chi connectivity index (χ3n) is 0.866. The molecule has 0 aliphatic heterocycles. The van der Waals surface area contributed by atoms with Gasteiger partial charge >= 0.3 is 0 Å². The molecule has 0 amide bonds. The molecule has 56 valence electrons. The van der Waals surface area contributed by atoms with Crippen molar-refractivity contribution in [1.29, 1.82) is 0 Å². The van der Waals surface area contributed by atoms with E-state index in [0.717, 1.165) is 0 Å². The molecule has 1 N–H and O–H groups in total. The first-order valence-corrected chi connectivity index (χ1v) is 3.33. The number of aliphatic hydroxyl groups excluding tert-OH is 1. The van der Waals surface area contributed by atoms with Gasteiger partial charge in [-0.15, -0.1) is 0 Å². The van der Waals surface area contributed by atoms with Gasteiger partial charge in [0.05, 0.1) is 5.76 Å². The fourth-order valence-electron chi connectivity index (χ4n) is 0. The molecule has 1 heteroatoms. The minimum absolute atomic E-state index is 0.139. The molecule has 0 rings (SSSR count). The van der Waals surface area contributed by atoms with E-state index in [1.165, 1.54) is 0 Å². The molecule has 9 heavy (non-hydrogen) atoms. The van der Waals surface area contributed by atoms with Gasteiger partial charge in [-0.25, -0.2) is 0 Å². The molecule has 0 aliphatic carbocycles. The quantitative estimate of drug-likeness (QED) is 0.499. The summed E-state index contributed by atoms with van der Waals surface area (Å²) in [6.07, 6.45) is 0. The highest BCUT2D eigenvalue weighted by molar-refractivity contribution is 4.92. The Hall–Kier alpha value is -0.460. The Morgan fingerprint density at radius 2 is 1.33 bits per heavy atom. The second-order valence-corrected chi connectivity index (χ2v) is 2.70. The van der Waals surface area contributed by atoms with Crippen molar-refractivity contribution in [3.05, 3.63) is 12.3 Å². The molecule has 0 spiro atoms. The van der Waals surface area contributed by atoms with E-state index < -0.39 is 0 Å². The molecule has 0 saturated carbocycles. The summed E-state index contributed by atoms with van der Waals surface area (Å²) in [6, 6.07) is 0. The van der Waals surface area contributed by atoms with Crippen molar-refractivity contribution in [3.8, 4) is 0 Å². The zero-order valence-electron chi connectivity index (χ0n) is 7.15. The molecule has 0 unspecified atom stereocenters. The summed E-state index contributed by atoms with van der Waals surface area (Å²) in [4.78, 5) is 0. The number of rotatable bonds is 0. The van der Waals surface area contributed by atoms with Crippen LogP contribution >= 0.6 is 0 Å². The molecule has 0 fully saturated rings. The average molecular weight is 130 g/mol. The first-order valence-electron chi connectivity index (χ1n) is 3.33. The zero-order chi connectivity index (χ0) is 8.08. The fraction of sp³-hybridized carbons (Fsp3) is 0.750. The van der Waals surface area contributed by atoms with Crippen molar-refractivity contribution in [3.63, 3.8) is 0 Å². The zero-order valence-corrected chi connectivity index (χ0v) is 7.15. The summed E-state index contributed by atoms with van der Waals surface area (Å²) >= 11 is 0. The first kappa shape index (κ1) is 11.4. The van der Waals surface area contributed by atoms with E-state index in [1.54, 1.807) is 0 Å². The van der Waals surface area contributed by atoms with Gasteiger partial charge in [0, 0.05) is 5.41 Å². The van der Waals surface area contributed by atoms with Gasteiger partial charge in [0.15, 0.2) is 0 Å². The molecule has 1 nitrogen and oxygen atoms in total. The van der Waals surface area contributed by atoms with E-state index in [-0.39, 0.29) is 11.2 Å². The van der Waals surface area contributed by atoms with E-state index in [9.17, 15) is 0 Å². The van der Waals surface area contributed by atoms with Crippen molar-refractivity contribution in [2.24, 2.45) is 5.41 Å². The molecule has 0 aromatic heterocycles. The molecular weight excluding hydrogens is 112 g/mol. The van der Waals surface area contributed by atoms with Crippen molar-refractivity contribution in [2.75, 3.05) is 0 Å². The van der Waals surface area contributed by atoms with Crippen LogP contribution in [0, 0.1) is 5.41 Å². The van der Waals surface area contributed by atoms with Gasteiger partial charge in [0.25, 0.3) is 0 Å². The summed E-state index contributed by atoms with van der Waals surface area (Å²) in [6.45, 7) is 13.1. The fourth-order valence-corrected chi connectivity index (χ4v) is 0. The Balaban J connectivity index is 0. The number of hydrogen-bond acceptors (Lipinski definition) is 1. The predicted molar refractivity (Wildman–Crippen MR) is 42.6 cm³/mol. The van der Waals surface area contributed by atoms with E-state index >= 15 is 0 Å². The number of allylic oxidation sites excluding steroid dienone is 1. The summed E-state index contributed by atoms with van der Waals surface area (Å²) < 4.78 is 0. The van der Waals surface area contributed by atoms with E-state index in [2.05, 4.69) is 6.58 Å². The number of aliphatic hydroxyl groups is 1. The van der Waals surface area contributed by atoms with Crippen LogP contribution in [0.1, 0.15) is 34.6 Å². The molecule has 0 atom stereocenters. The molecule has 0 aromatic carbocycles. The maximum Gasteiger partial charge on any atom is 0.0904 e. The smallest absolute Gasteiger partial charge is 0.0904 e. The van der Waals surface area contributed by atoms with Gasteiger partial charge < -0.3 is 5.11 Å². The van der Waals surface area contributed by atoms with E-state index in [4.69, 9.17) is 5.11 Å². The lowest BCUT2D eigenvalue weighted by molar-refractivity contribution is 0.280. The Morgan fingerprint density at radius 3 is 1.33 bits per heavy atom. The largest absolute Gasteiger partial charge is 0.512 e. The molecule has 0 saturated heterocycles. The normalized spacial score (nSPS) is 9.44. The molecule has 0 bridgehead atoms. The third kappa shape index (κ3) is 7.54. The highest BCUT2D eigenvalue weighted by atomic mass is 16.3. The lowest BCUT2D eigenvalue weighted by atomic mass is 9.95. The van der Waals surface area contributed by atoms with E-state index in [0.29, 0.717) is 0 Å². The Kier molecular flexibility index (Phi) is 5.58. The van der Waals surface area contributed by atoms with Gasteiger partial charge in [-0.05, 0) is 0 Å². The molecule has 0 aromatic rings. The third-order valence-corrected chi connectivity index (χ3v) is 0.866. The molecular formula is C8H18O. The van der Waals surface area contributed by atoms with Crippen molar-refractivity contribution < 1.29 is 5.11 Å². The lowest BCUT2D eigenvalue weighted by Crippen LogP contribution is -2.06. The van der Waals surface area contributed by atoms with Gasteiger partial charge in [-0.3, -0.25) is 0 Å². The van der Waals surface area contributed by atoms with Crippen LogP contribution in [0.4, 0.5) is 0 Å². The molecule has 0 heterocycles. The number of hydrogen-bond donors (Lipinski definition) is 1. The Labute approximate surface area is 58.4 Å². The van der Waals surface area contributed by atoms with E-state index in [1.807, 2.05) is 34.6 Å². The van der Waals surface area contributed by atoms with Crippen LogP contribution in [0.5, 0.6) is 0 Å². The monoisotopic (exact) mass is 130 g/mol. The maximum absolute atomic E-state index is 8.69. The highest BCUT2D eigenvalue weighted by Gasteiger charge is 2.12. The molecule has 0 aliphatic rings. The first-order chi connectivity index (χ1) is 3.94. The topological polar surface area (TPSA) is 20.2 Å². The van der Waals surface area contributed by atoms with Crippen LogP contribution in [0.15, 0.2) is 12.3 Å². The standard InChI is InChI=1S/C6H12O.C2H6/c1-5(7)6(2,3)4;1-2/h7H,1H2,2-4H3;1-2H3. The Morgan fingerprint density at radius 1 is 1.22 bits per heavy atom.